The average molecular weight is 468 g/mol. The van der Waals surface area contributed by atoms with Crippen LogP contribution < -0.4 is 0 Å². The van der Waals surface area contributed by atoms with E-state index < -0.39 is 4.92 Å². The Morgan fingerprint density at radius 2 is 1.67 bits per heavy atom. The van der Waals surface area contributed by atoms with E-state index >= 15 is 0 Å². The van der Waals surface area contributed by atoms with Crippen LogP contribution in [0.1, 0.15) is 23.0 Å². The van der Waals surface area contributed by atoms with Crippen molar-refractivity contribution >= 4 is 23.2 Å². The van der Waals surface area contributed by atoms with Crippen LogP contribution in [0.3, 0.4) is 0 Å². The molecule has 9 heteroatoms. The van der Waals surface area contributed by atoms with E-state index in [1.54, 1.807) is 11.5 Å². The number of nitrogens with zero attached hydrogens (tertiary/aromatic N) is 5. The van der Waals surface area contributed by atoms with Crippen LogP contribution in [0.5, 0.6) is 0 Å². The van der Waals surface area contributed by atoms with Gasteiger partial charge in [0.05, 0.1) is 19.1 Å². The number of aryl methyl sites for hydroxylation is 1. The van der Waals surface area contributed by atoms with E-state index in [1.165, 1.54) is 17.3 Å². The van der Waals surface area contributed by atoms with Gasteiger partial charge in [0.1, 0.15) is 6.20 Å². The maximum atomic E-state index is 12.6. The largest absolute Gasteiger partial charge is 0.381 e. The highest BCUT2D eigenvalue weighted by atomic mass is 35.5. The minimum absolute atomic E-state index is 0.0103. The number of nitro groups is 1. The Labute approximate surface area is 197 Å². The molecule has 1 aromatic heterocycles. The van der Waals surface area contributed by atoms with Gasteiger partial charge >= 0.3 is 5.82 Å². The lowest BCUT2D eigenvalue weighted by Crippen LogP contribution is -2.49. The van der Waals surface area contributed by atoms with Crippen LogP contribution in [0, 0.1) is 17.0 Å². The number of Topliss-reactive ketones (excluding diaryl/α,β-unsaturated/α-hetero) is 1. The number of rotatable bonds is 8. The highest BCUT2D eigenvalue weighted by Crippen LogP contribution is 2.30. The zero-order valence-electron chi connectivity index (χ0n) is 18.4. The number of hydrogen-bond donors (Lipinski definition) is 0. The molecule has 2 aromatic carbocycles. The van der Waals surface area contributed by atoms with Crippen LogP contribution in [0.4, 0.5) is 5.82 Å². The topological polar surface area (TPSA) is 84.5 Å². The van der Waals surface area contributed by atoms with Crippen LogP contribution >= 0.6 is 11.6 Å². The van der Waals surface area contributed by atoms with Crippen molar-refractivity contribution in [2.24, 2.45) is 0 Å². The Morgan fingerprint density at radius 3 is 2.27 bits per heavy atom. The van der Waals surface area contributed by atoms with Gasteiger partial charge in [-0.2, -0.15) is 0 Å². The molecule has 0 bridgehead atoms. The molecule has 2 heterocycles. The van der Waals surface area contributed by atoms with Crippen molar-refractivity contribution in [3.63, 3.8) is 0 Å². The third-order valence-electron chi connectivity index (χ3n) is 5.97. The molecule has 1 fully saturated rings. The Morgan fingerprint density at radius 1 is 1.03 bits per heavy atom. The summed E-state index contributed by atoms with van der Waals surface area (Å²) >= 11 is 6.11. The van der Waals surface area contributed by atoms with E-state index in [2.05, 4.69) is 51.2 Å². The predicted molar refractivity (Wildman–Crippen MR) is 126 cm³/mol. The Bertz CT molecular complexity index is 1110. The molecule has 33 heavy (non-hydrogen) atoms. The highest BCUT2D eigenvalue weighted by Gasteiger charge is 2.27. The minimum atomic E-state index is -0.545. The number of halogens is 1. The quantitative estimate of drug-likeness (QED) is 0.370. The van der Waals surface area contributed by atoms with Gasteiger partial charge < -0.3 is 14.7 Å². The summed E-state index contributed by atoms with van der Waals surface area (Å²) in [5.41, 5.74) is 2.41. The molecule has 0 radical (unpaired) electrons. The Balaban J connectivity index is 1.39. The molecule has 3 aromatic rings. The first kappa shape index (κ1) is 23.1. The molecular formula is C24H26ClN5O3. The van der Waals surface area contributed by atoms with E-state index in [-0.39, 0.29) is 24.2 Å². The van der Waals surface area contributed by atoms with Crippen molar-refractivity contribution < 1.29 is 9.72 Å². The summed E-state index contributed by atoms with van der Waals surface area (Å²) in [5.74, 6) is 0.243. The monoisotopic (exact) mass is 467 g/mol. The molecule has 1 aliphatic rings. The second-order valence-corrected chi connectivity index (χ2v) is 8.68. The van der Waals surface area contributed by atoms with Gasteiger partial charge in [-0.3, -0.25) is 14.6 Å². The summed E-state index contributed by atoms with van der Waals surface area (Å²) in [6.45, 7) is 5.26. The summed E-state index contributed by atoms with van der Waals surface area (Å²) < 4.78 is 1.54. The predicted octanol–water partition coefficient (Wildman–Crippen LogP) is 3.73. The zero-order chi connectivity index (χ0) is 23.4. The number of imidazole rings is 1. The summed E-state index contributed by atoms with van der Waals surface area (Å²) in [6, 6.07) is 18.5. The van der Waals surface area contributed by atoms with E-state index in [0.717, 1.165) is 26.2 Å². The SMILES string of the molecule is Cc1nc([N+](=O)[O-])cn1CC(=O)CN1CCN(C(c2ccccc2)c2ccc(Cl)cc2)CC1. The third kappa shape index (κ3) is 5.65. The number of ketones is 1. The van der Waals surface area contributed by atoms with Crippen molar-refractivity contribution in [1.82, 2.24) is 19.4 Å². The number of carbonyl (C=O) groups is 1. The van der Waals surface area contributed by atoms with E-state index in [9.17, 15) is 14.9 Å². The van der Waals surface area contributed by atoms with Crippen molar-refractivity contribution in [3.05, 3.63) is 92.9 Å². The van der Waals surface area contributed by atoms with E-state index in [0.29, 0.717) is 17.4 Å². The molecular weight excluding hydrogens is 442 g/mol. The Kier molecular flexibility index (Phi) is 7.17. The van der Waals surface area contributed by atoms with Crippen LogP contribution in [0.25, 0.3) is 0 Å². The Hall–Kier alpha value is -3.07. The standard InChI is InChI=1S/C24H26ClN5O3/c1-18-26-23(30(32)33)17-29(18)16-22(31)15-27-11-13-28(14-12-27)24(19-5-3-2-4-6-19)20-7-9-21(25)10-8-20/h2-10,17,24H,11-16H2,1H3. The molecule has 1 saturated heterocycles. The summed E-state index contributed by atoms with van der Waals surface area (Å²) in [5, 5.41) is 11.6. The van der Waals surface area contributed by atoms with Gasteiger partial charge in [0.2, 0.25) is 5.82 Å². The van der Waals surface area contributed by atoms with Gasteiger partial charge in [0.15, 0.2) is 5.78 Å². The summed E-state index contributed by atoms with van der Waals surface area (Å²) in [4.78, 5) is 31.4. The molecule has 0 aliphatic carbocycles. The van der Waals surface area contributed by atoms with Gasteiger partial charge in [0, 0.05) is 38.1 Å². The fourth-order valence-electron chi connectivity index (χ4n) is 4.30. The van der Waals surface area contributed by atoms with E-state index in [4.69, 9.17) is 11.6 Å². The number of benzene rings is 2. The average Bonchev–Trinajstić information content (AvgIpc) is 3.17. The molecule has 4 rings (SSSR count). The molecule has 0 spiro atoms. The van der Waals surface area contributed by atoms with Gasteiger partial charge in [-0.1, -0.05) is 54.1 Å². The van der Waals surface area contributed by atoms with Gasteiger partial charge in [-0.25, -0.2) is 0 Å². The van der Waals surface area contributed by atoms with Crippen molar-refractivity contribution in [3.8, 4) is 0 Å². The number of piperazine rings is 1. The van der Waals surface area contributed by atoms with Gasteiger partial charge in [-0.05, 0) is 33.2 Å². The van der Waals surface area contributed by atoms with Gasteiger partial charge in [-0.15, -0.1) is 0 Å². The molecule has 8 nitrogen and oxygen atoms in total. The molecule has 0 saturated carbocycles. The molecule has 172 valence electrons. The molecule has 1 unspecified atom stereocenters. The number of hydrogen-bond acceptors (Lipinski definition) is 6. The fraction of sp³-hybridized carbons (Fsp3) is 0.333. The lowest BCUT2D eigenvalue weighted by Gasteiger charge is -2.39. The van der Waals surface area contributed by atoms with Crippen molar-refractivity contribution in [1.29, 1.82) is 0 Å². The molecule has 0 amide bonds. The maximum absolute atomic E-state index is 12.6. The van der Waals surface area contributed by atoms with Crippen LogP contribution in [-0.4, -0.2) is 62.8 Å². The second kappa shape index (κ2) is 10.2. The van der Waals surface area contributed by atoms with Crippen LogP contribution in [0.15, 0.2) is 60.8 Å². The van der Waals surface area contributed by atoms with E-state index in [1.807, 2.05) is 18.2 Å². The first-order valence-electron chi connectivity index (χ1n) is 10.9. The molecule has 1 aliphatic heterocycles. The normalized spacial score (nSPS) is 15.9. The fourth-order valence-corrected chi connectivity index (χ4v) is 4.43. The summed E-state index contributed by atoms with van der Waals surface area (Å²) in [6.07, 6.45) is 1.32. The van der Waals surface area contributed by atoms with Crippen LogP contribution in [0.2, 0.25) is 5.02 Å². The second-order valence-electron chi connectivity index (χ2n) is 8.25. The molecule has 1 atom stereocenters. The lowest BCUT2D eigenvalue weighted by molar-refractivity contribution is -0.389. The highest BCUT2D eigenvalue weighted by molar-refractivity contribution is 6.30. The third-order valence-corrected chi connectivity index (χ3v) is 6.22. The minimum Gasteiger partial charge on any atom is -0.358 e. The van der Waals surface area contributed by atoms with Crippen molar-refractivity contribution in [2.45, 2.75) is 19.5 Å². The van der Waals surface area contributed by atoms with Crippen molar-refractivity contribution in [2.75, 3.05) is 32.7 Å². The maximum Gasteiger partial charge on any atom is 0.381 e. The first-order valence-corrected chi connectivity index (χ1v) is 11.2. The first-order chi connectivity index (χ1) is 15.9. The number of aromatic nitrogens is 2. The summed E-state index contributed by atoms with van der Waals surface area (Å²) in [7, 11) is 0. The smallest absolute Gasteiger partial charge is 0.358 e. The van der Waals surface area contributed by atoms with Gasteiger partial charge in [0.25, 0.3) is 0 Å². The molecule has 0 N–H and O–H groups in total. The lowest BCUT2D eigenvalue weighted by atomic mass is 9.96. The zero-order valence-corrected chi connectivity index (χ0v) is 19.2. The van der Waals surface area contributed by atoms with Crippen LogP contribution in [-0.2, 0) is 11.3 Å². The number of carbonyl (C=O) groups excluding carboxylic acids is 1.